The number of aromatic nitrogens is 1. The summed E-state index contributed by atoms with van der Waals surface area (Å²) in [7, 11) is 0. The van der Waals surface area contributed by atoms with Gasteiger partial charge in [0.2, 0.25) is 0 Å². The minimum Gasteiger partial charge on any atom is -0.492 e. The van der Waals surface area contributed by atoms with E-state index < -0.39 is 0 Å². The van der Waals surface area contributed by atoms with Crippen molar-refractivity contribution in [1.82, 2.24) is 4.98 Å². The highest BCUT2D eigenvalue weighted by Crippen LogP contribution is 2.11. The Hall–Kier alpha value is -1.38. The van der Waals surface area contributed by atoms with Crippen LogP contribution in [0.15, 0.2) is 18.5 Å². The number of hydrogen-bond donors (Lipinski definition) is 0. The van der Waals surface area contributed by atoms with Crippen LogP contribution in [-0.2, 0) is 0 Å². The van der Waals surface area contributed by atoms with Crippen molar-refractivity contribution in [2.24, 2.45) is 0 Å². The van der Waals surface area contributed by atoms with E-state index in [4.69, 9.17) is 4.74 Å². The van der Waals surface area contributed by atoms with Crippen LogP contribution in [0.5, 0.6) is 5.75 Å². The van der Waals surface area contributed by atoms with E-state index in [2.05, 4.69) is 4.98 Å². The number of pyridine rings is 1. The first-order chi connectivity index (χ1) is 6.24. The second kappa shape index (κ2) is 4.60. The maximum absolute atomic E-state index is 11.0. The lowest BCUT2D eigenvalue weighted by Crippen LogP contribution is -1.98. The predicted octanol–water partition coefficient (Wildman–Crippen LogP) is 2.07. The molecule has 0 saturated carbocycles. The number of carbonyl (C=O) groups excluding carboxylic acids is 1. The molecule has 0 saturated heterocycles. The van der Waals surface area contributed by atoms with Crippen molar-refractivity contribution in [1.29, 1.82) is 0 Å². The van der Waals surface area contributed by atoms with Crippen LogP contribution < -0.4 is 4.74 Å². The van der Waals surface area contributed by atoms with Crippen LogP contribution in [-0.4, -0.2) is 17.4 Å². The lowest BCUT2D eigenvalue weighted by atomic mass is 10.2. The van der Waals surface area contributed by atoms with E-state index in [1.54, 1.807) is 18.5 Å². The van der Waals surface area contributed by atoms with Crippen LogP contribution in [0, 0.1) is 0 Å². The molecule has 1 heterocycles. The van der Waals surface area contributed by atoms with E-state index in [-0.39, 0.29) is 5.78 Å². The standard InChI is InChI=1S/C10H13NO2/c1-3-4-13-10-5-9(8(2)12)6-11-7-10/h5-7H,3-4H2,1-2H3. The van der Waals surface area contributed by atoms with E-state index >= 15 is 0 Å². The molecule has 13 heavy (non-hydrogen) atoms. The van der Waals surface area contributed by atoms with E-state index in [9.17, 15) is 4.79 Å². The van der Waals surface area contributed by atoms with E-state index in [0.717, 1.165) is 6.42 Å². The Kier molecular flexibility index (Phi) is 3.43. The molecule has 0 fully saturated rings. The molecular formula is C10H13NO2. The molecule has 0 unspecified atom stereocenters. The monoisotopic (exact) mass is 179 g/mol. The first kappa shape index (κ1) is 9.71. The van der Waals surface area contributed by atoms with Crippen molar-refractivity contribution in [3.8, 4) is 5.75 Å². The summed E-state index contributed by atoms with van der Waals surface area (Å²) in [4.78, 5) is 14.9. The summed E-state index contributed by atoms with van der Waals surface area (Å²) >= 11 is 0. The highest BCUT2D eigenvalue weighted by molar-refractivity contribution is 5.94. The van der Waals surface area contributed by atoms with Crippen molar-refractivity contribution < 1.29 is 9.53 Å². The van der Waals surface area contributed by atoms with Gasteiger partial charge in [0.25, 0.3) is 0 Å². The fourth-order valence-electron chi connectivity index (χ4n) is 0.910. The third-order valence-electron chi connectivity index (χ3n) is 1.59. The molecule has 1 aromatic heterocycles. The van der Waals surface area contributed by atoms with Crippen LogP contribution in [0.2, 0.25) is 0 Å². The molecule has 0 spiro atoms. The zero-order valence-corrected chi connectivity index (χ0v) is 7.91. The average Bonchev–Trinajstić information content (AvgIpc) is 2.15. The second-order valence-corrected chi connectivity index (χ2v) is 2.81. The minimum atomic E-state index is 0.00875. The van der Waals surface area contributed by atoms with Gasteiger partial charge in [-0.3, -0.25) is 9.78 Å². The normalized spacial score (nSPS) is 9.69. The Balaban J connectivity index is 2.73. The fraction of sp³-hybridized carbons (Fsp3) is 0.400. The van der Waals surface area contributed by atoms with Crippen molar-refractivity contribution in [2.75, 3.05) is 6.61 Å². The molecule has 0 aliphatic rings. The Labute approximate surface area is 77.8 Å². The smallest absolute Gasteiger partial charge is 0.161 e. The first-order valence-corrected chi connectivity index (χ1v) is 4.33. The zero-order chi connectivity index (χ0) is 9.68. The molecule has 0 aliphatic heterocycles. The van der Waals surface area contributed by atoms with Gasteiger partial charge >= 0.3 is 0 Å². The van der Waals surface area contributed by atoms with Gasteiger partial charge in [-0.15, -0.1) is 0 Å². The summed E-state index contributed by atoms with van der Waals surface area (Å²) < 4.78 is 5.33. The lowest BCUT2D eigenvalue weighted by molar-refractivity contribution is 0.101. The molecule has 0 radical (unpaired) electrons. The Morgan fingerprint density at radius 3 is 2.92 bits per heavy atom. The summed E-state index contributed by atoms with van der Waals surface area (Å²) in [5.41, 5.74) is 0.591. The maximum atomic E-state index is 11.0. The first-order valence-electron chi connectivity index (χ1n) is 4.33. The predicted molar refractivity (Wildman–Crippen MR) is 50.0 cm³/mol. The number of Topliss-reactive ketones (excluding diaryl/α,β-unsaturated/α-hetero) is 1. The molecule has 0 aliphatic carbocycles. The number of ether oxygens (including phenoxy) is 1. The third-order valence-corrected chi connectivity index (χ3v) is 1.59. The molecule has 3 nitrogen and oxygen atoms in total. The van der Waals surface area contributed by atoms with Crippen molar-refractivity contribution in [2.45, 2.75) is 20.3 Å². The summed E-state index contributed by atoms with van der Waals surface area (Å²) in [5, 5.41) is 0. The van der Waals surface area contributed by atoms with Crippen molar-refractivity contribution in [3.63, 3.8) is 0 Å². The van der Waals surface area contributed by atoms with Crippen LogP contribution in [0.3, 0.4) is 0 Å². The summed E-state index contributed by atoms with van der Waals surface area (Å²) in [6.45, 7) is 4.20. The van der Waals surface area contributed by atoms with Gasteiger partial charge in [-0.2, -0.15) is 0 Å². The Morgan fingerprint density at radius 2 is 2.31 bits per heavy atom. The Bertz CT molecular complexity index is 297. The molecule has 0 atom stereocenters. The van der Waals surface area contributed by atoms with Crippen LogP contribution in [0.25, 0.3) is 0 Å². The van der Waals surface area contributed by atoms with E-state index in [0.29, 0.717) is 17.9 Å². The highest BCUT2D eigenvalue weighted by atomic mass is 16.5. The van der Waals surface area contributed by atoms with Gasteiger partial charge in [0.1, 0.15) is 5.75 Å². The number of hydrogen-bond acceptors (Lipinski definition) is 3. The third kappa shape index (κ3) is 2.86. The molecule has 0 aromatic carbocycles. The van der Waals surface area contributed by atoms with Crippen molar-refractivity contribution in [3.05, 3.63) is 24.0 Å². The number of nitrogens with zero attached hydrogens (tertiary/aromatic N) is 1. The summed E-state index contributed by atoms with van der Waals surface area (Å²) in [6.07, 6.45) is 4.10. The highest BCUT2D eigenvalue weighted by Gasteiger charge is 2.01. The van der Waals surface area contributed by atoms with Crippen LogP contribution >= 0.6 is 0 Å². The number of ketones is 1. The van der Waals surface area contributed by atoms with Gasteiger partial charge in [-0.05, 0) is 19.4 Å². The fourth-order valence-corrected chi connectivity index (χ4v) is 0.910. The largest absolute Gasteiger partial charge is 0.492 e. The summed E-state index contributed by atoms with van der Waals surface area (Å²) in [6, 6.07) is 1.71. The molecular weight excluding hydrogens is 166 g/mol. The molecule has 70 valence electrons. The quantitative estimate of drug-likeness (QED) is 0.664. The zero-order valence-electron chi connectivity index (χ0n) is 7.91. The van der Waals surface area contributed by atoms with Gasteiger partial charge in [-0.1, -0.05) is 6.92 Å². The molecule has 1 rings (SSSR count). The van der Waals surface area contributed by atoms with Gasteiger partial charge < -0.3 is 4.74 Å². The number of carbonyl (C=O) groups is 1. The molecule has 0 N–H and O–H groups in total. The molecule has 3 heteroatoms. The van der Waals surface area contributed by atoms with Gasteiger partial charge in [0.15, 0.2) is 5.78 Å². The average molecular weight is 179 g/mol. The van der Waals surface area contributed by atoms with Gasteiger partial charge in [-0.25, -0.2) is 0 Å². The van der Waals surface area contributed by atoms with Gasteiger partial charge in [0, 0.05) is 11.8 Å². The van der Waals surface area contributed by atoms with E-state index in [1.165, 1.54) is 6.92 Å². The maximum Gasteiger partial charge on any atom is 0.161 e. The van der Waals surface area contributed by atoms with Crippen LogP contribution in [0.1, 0.15) is 30.6 Å². The van der Waals surface area contributed by atoms with Gasteiger partial charge in [0.05, 0.1) is 12.8 Å². The number of rotatable bonds is 4. The SMILES string of the molecule is CCCOc1cncc(C(C)=O)c1. The lowest BCUT2D eigenvalue weighted by Gasteiger charge is -2.03. The van der Waals surface area contributed by atoms with E-state index in [1.807, 2.05) is 6.92 Å². The topological polar surface area (TPSA) is 39.2 Å². The molecule has 0 bridgehead atoms. The molecule has 0 amide bonds. The van der Waals surface area contributed by atoms with Crippen LogP contribution in [0.4, 0.5) is 0 Å². The van der Waals surface area contributed by atoms with Crippen molar-refractivity contribution >= 4 is 5.78 Å². The minimum absolute atomic E-state index is 0.00875. The summed E-state index contributed by atoms with van der Waals surface area (Å²) in [5.74, 6) is 0.670. The molecule has 1 aromatic rings. The Morgan fingerprint density at radius 1 is 1.54 bits per heavy atom. The second-order valence-electron chi connectivity index (χ2n) is 2.81.